The van der Waals surface area contributed by atoms with Crippen molar-refractivity contribution in [3.8, 4) is 153 Å². The summed E-state index contributed by atoms with van der Waals surface area (Å²) >= 11 is 0. The lowest BCUT2D eigenvalue weighted by atomic mass is 9.55. The van der Waals surface area contributed by atoms with Crippen LogP contribution in [0.1, 0.15) is 116 Å². The van der Waals surface area contributed by atoms with Crippen molar-refractivity contribution in [1.82, 2.24) is 58.6 Å². The van der Waals surface area contributed by atoms with Crippen molar-refractivity contribution in [2.45, 2.75) is 116 Å². The maximum absolute atomic E-state index is 5.13. The van der Waals surface area contributed by atoms with Gasteiger partial charge < -0.3 is 13.7 Å². The first kappa shape index (κ1) is 90.7. The van der Waals surface area contributed by atoms with Gasteiger partial charge in [-0.2, -0.15) is 0 Å². The van der Waals surface area contributed by atoms with E-state index in [1.807, 2.05) is 158 Å². The molecule has 0 atom stereocenters. The molecule has 0 bridgehead atoms. The molecule has 147 heavy (non-hydrogen) atoms. The highest BCUT2D eigenvalue weighted by atomic mass is 15.1. The van der Waals surface area contributed by atoms with Crippen molar-refractivity contribution in [3.05, 3.63) is 470 Å². The fraction of sp³-hybridized carbons (Fsp3) is 0.133. The second kappa shape index (κ2) is 35.2. The van der Waals surface area contributed by atoms with Gasteiger partial charge in [-0.05, 0) is 196 Å². The van der Waals surface area contributed by atoms with E-state index in [0.29, 0.717) is 52.4 Å². The van der Waals surface area contributed by atoms with Crippen molar-refractivity contribution in [2.75, 3.05) is 0 Å². The van der Waals surface area contributed by atoms with Crippen LogP contribution in [0.25, 0.3) is 218 Å². The molecule has 18 aromatic carbocycles. The zero-order valence-corrected chi connectivity index (χ0v) is 84.4. The number of aromatic nitrogens is 12. The predicted molar refractivity (Wildman–Crippen MR) is 606 cm³/mol. The quantitative estimate of drug-likeness (QED) is 0.117. The van der Waals surface area contributed by atoms with Crippen LogP contribution >= 0.6 is 0 Å². The van der Waals surface area contributed by atoms with E-state index in [0.717, 1.165) is 72.6 Å². The molecule has 0 radical (unpaired) electrons. The van der Waals surface area contributed by atoms with Crippen LogP contribution in [0.4, 0.5) is 0 Å². The molecule has 0 amide bonds. The molecule has 24 aromatic rings. The van der Waals surface area contributed by atoms with Gasteiger partial charge in [0.25, 0.3) is 0 Å². The monoisotopic (exact) mass is 1900 g/mol. The summed E-state index contributed by atoms with van der Waals surface area (Å²) in [6.45, 7) is 28.7. The molecule has 0 N–H and O–H groups in total. The van der Waals surface area contributed by atoms with E-state index in [4.69, 9.17) is 44.9 Å². The van der Waals surface area contributed by atoms with Gasteiger partial charge in [0, 0.05) is 93.8 Å². The summed E-state index contributed by atoms with van der Waals surface area (Å²) < 4.78 is 7.22. The molecule has 0 aliphatic heterocycles. The summed E-state index contributed by atoms with van der Waals surface area (Å²) in [4.78, 5) is 45.0. The molecule has 3 aliphatic rings. The standard InChI is InChI=1S/3C45H36N4/c1-44(2)34-24-14-11-21-31(34)39-35(45(44,3)4)27-28-38-40(39)32-22-12-15-25-36(32)49(38)37-26-16-13-23-33(37)43-47-41(29-17-7-5-8-18-29)46-42(48-43)30-19-9-6-10-20-30;1-44(2)37-24-13-11-22-33(37)35-27-36-34-23-12-14-25-39(34)49(40(36)28-38(35)45(44,3)4)32-21-15-20-31(26-32)43-47-41(29-16-7-5-8-17-29)46-42(48-43)30-18-9-6-10-19-30;1-44(2)37-21-13-11-19-33(37)35-28-40-36(27-38(35)45(44,3)4)34-20-12-14-22-39(34)49(40)32-25-23-31(24-26-32)43-47-41(29-15-7-5-8-16-29)46-42(48-43)30-17-9-6-10-18-30/h3*5-28H,1-4H3. The largest absolute Gasteiger partial charge is 0.309 e. The number of para-hydroxylation sites is 4. The molecular formula is C135H108N12. The third kappa shape index (κ3) is 14.9. The number of fused-ring (bicyclic) bond motifs is 19. The fourth-order valence-corrected chi connectivity index (χ4v) is 23.2. The fourth-order valence-electron chi connectivity index (χ4n) is 23.2. The Labute approximate surface area is 856 Å². The minimum Gasteiger partial charge on any atom is -0.309 e. The molecule has 0 saturated heterocycles. The van der Waals surface area contributed by atoms with Gasteiger partial charge in [-0.25, -0.2) is 44.9 Å². The Morgan fingerprint density at radius 2 is 0.463 bits per heavy atom. The normalized spacial score (nSPS) is 14.4. The van der Waals surface area contributed by atoms with Crippen LogP contribution < -0.4 is 0 Å². The third-order valence-corrected chi connectivity index (χ3v) is 33.1. The average molecular weight is 1900 g/mol. The molecular weight excluding hydrogens is 1790 g/mol. The van der Waals surface area contributed by atoms with Crippen molar-refractivity contribution < 1.29 is 0 Å². The number of hydrogen-bond acceptors (Lipinski definition) is 9. The summed E-state index contributed by atoms with van der Waals surface area (Å²) in [7, 11) is 0. The number of rotatable bonds is 12. The first-order chi connectivity index (χ1) is 71.5. The summed E-state index contributed by atoms with van der Waals surface area (Å²) in [5, 5.41) is 7.55. The van der Waals surface area contributed by atoms with Gasteiger partial charge in [0.15, 0.2) is 52.4 Å². The molecule has 27 rings (SSSR count). The summed E-state index contributed by atoms with van der Waals surface area (Å²) in [5.74, 6) is 5.87. The lowest BCUT2D eigenvalue weighted by molar-refractivity contribution is 0.299. The van der Waals surface area contributed by atoms with Crippen LogP contribution in [0, 0.1) is 0 Å². The van der Waals surface area contributed by atoms with Gasteiger partial charge in [-0.3, -0.25) is 0 Å². The van der Waals surface area contributed by atoms with Gasteiger partial charge >= 0.3 is 0 Å². The van der Waals surface area contributed by atoms with Crippen LogP contribution in [0.3, 0.4) is 0 Å². The highest BCUT2D eigenvalue weighted by Gasteiger charge is 2.50. The van der Waals surface area contributed by atoms with Gasteiger partial charge in [-0.15, -0.1) is 0 Å². The number of benzene rings is 18. The molecule has 0 unspecified atom stereocenters. The smallest absolute Gasteiger partial charge is 0.166 e. The van der Waals surface area contributed by atoms with Gasteiger partial charge in [0.1, 0.15) is 0 Å². The molecule has 12 nitrogen and oxygen atoms in total. The van der Waals surface area contributed by atoms with Crippen LogP contribution in [-0.4, -0.2) is 58.6 Å². The molecule has 0 spiro atoms. The average Bonchev–Trinajstić information content (AvgIpc) is 1.60. The minimum absolute atomic E-state index is 0.0196. The van der Waals surface area contributed by atoms with E-state index in [1.54, 1.807) is 0 Å². The van der Waals surface area contributed by atoms with Gasteiger partial charge in [-0.1, -0.05) is 423 Å². The SMILES string of the molecule is CC1(C)c2ccccc2-c2c(ccc3c2c2ccccc2n3-c2ccccc2-c2nc(-c3ccccc3)nc(-c3ccccc3)n2)C1(C)C.CC1(C)c2ccccc2-c2cc3c(cc2C1(C)C)c1ccccc1n3-c1ccc(-c2nc(-c3ccccc3)nc(-c3ccccc3)n2)cc1.CC1(C)c2ccccc2-c2cc3c4ccccc4n(-c4cccc(-c5nc(-c6ccccc6)nc(-c6ccccc6)n5)c4)c3cc2C1(C)C. The van der Waals surface area contributed by atoms with Crippen LogP contribution in [0.15, 0.2) is 437 Å². The van der Waals surface area contributed by atoms with E-state index < -0.39 is 0 Å². The van der Waals surface area contributed by atoms with E-state index in [2.05, 4.69) is 376 Å². The molecule has 12 heteroatoms. The van der Waals surface area contributed by atoms with E-state index in [1.165, 1.54) is 127 Å². The zero-order chi connectivity index (χ0) is 100.0. The lowest BCUT2D eigenvalue weighted by Crippen LogP contribution is -2.43. The first-order valence-corrected chi connectivity index (χ1v) is 50.9. The van der Waals surface area contributed by atoms with Crippen LogP contribution in [-0.2, 0) is 32.5 Å². The number of hydrogen-bond donors (Lipinski definition) is 0. The van der Waals surface area contributed by atoms with Crippen molar-refractivity contribution in [2.24, 2.45) is 0 Å². The summed E-state index contributed by atoms with van der Waals surface area (Å²) in [6, 6.07) is 154. The lowest BCUT2D eigenvalue weighted by Gasteiger charge is -2.48. The third-order valence-electron chi connectivity index (χ3n) is 33.1. The Hall–Kier alpha value is -17.6. The molecule has 0 saturated carbocycles. The minimum atomic E-state index is -0.0967. The van der Waals surface area contributed by atoms with E-state index in [-0.39, 0.29) is 32.5 Å². The highest BCUT2D eigenvalue weighted by Crippen LogP contribution is 2.60. The molecule has 0 fully saturated rings. The Morgan fingerprint density at radius 3 is 0.912 bits per heavy atom. The molecule has 708 valence electrons. The summed E-state index contributed by atoms with van der Waals surface area (Å²) in [5.41, 5.74) is 34.8. The predicted octanol–water partition coefficient (Wildman–Crippen LogP) is 33.6. The maximum Gasteiger partial charge on any atom is 0.166 e. The second-order valence-corrected chi connectivity index (χ2v) is 42.4. The zero-order valence-electron chi connectivity index (χ0n) is 84.4. The molecule has 6 aromatic heterocycles. The Bertz CT molecular complexity index is 9140. The number of nitrogens with zero attached hydrogens (tertiary/aromatic N) is 12. The summed E-state index contributed by atoms with van der Waals surface area (Å²) in [6.07, 6.45) is 0. The van der Waals surface area contributed by atoms with Crippen molar-refractivity contribution >= 4 is 65.4 Å². The Kier molecular flexibility index (Phi) is 21.7. The van der Waals surface area contributed by atoms with Crippen molar-refractivity contribution in [3.63, 3.8) is 0 Å². The van der Waals surface area contributed by atoms with Gasteiger partial charge in [0.2, 0.25) is 0 Å². The van der Waals surface area contributed by atoms with Crippen LogP contribution in [0.5, 0.6) is 0 Å². The second-order valence-electron chi connectivity index (χ2n) is 42.4. The van der Waals surface area contributed by atoms with Crippen LogP contribution in [0.2, 0.25) is 0 Å². The highest BCUT2D eigenvalue weighted by molar-refractivity contribution is 6.18. The maximum atomic E-state index is 5.13. The topological polar surface area (TPSA) is 131 Å². The van der Waals surface area contributed by atoms with Crippen molar-refractivity contribution in [1.29, 1.82) is 0 Å². The Morgan fingerprint density at radius 1 is 0.156 bits per heavy atom. The van der Waals surface area contributed by atoms with E-state index in [9.17, 15) is 0 Å². The van der Waals surface area contributed by atoms with E-state index >= 15 is 0 Å². The first-order valence-electron chi connectivity index (χ1n) is 50.9. The molecule has 6 heterocycles. The molecule has 3 aliphatic carbocycles. The van der Waals surface area contributed by atoms with Gasteiger partial charge in [0.05, 0.1) is 38.8 Å². The Balaban J connectivity index is 0.000000115.